The maximum Gasteiger partial charge on any atom is 0.0591 e. The van der Waals surface area contributed by atoms with Crippen LogP contribution < -0.4 is 5.32 Å². The largest absolute Gasteiger partial charge is 0.380 e. The summed E-state index contributed by atoms with van der Waals surface area (Å²) in [6.07, 6.45) is 3.90. The van der Waals surface area contributed by atoms with Crippen LogP contribution in [-0.4, -0.2) is 25.8 Å². The minimum atomic E-state index is 0.726. The van der Waals surface area contributed by atoms with E-state index in [1.165, 1.54) is 19.3 Å². The molecule has 0 aliphatic heterocycles. The molecule has 2 heteroatoms. The van der Waals surface area contributed by atoms with Gasteiger partial charge in [0.05, 0.1) is 6.61 Å². The Balaban J connectivity index is 1.95. The smallest absolute Gasteiger partial charge is 0.0591 e. The van der Waals surface area contributed by atoms with Gasteiger partial charge in [0.2, 0.25) is 0 Å². The van der Waals surface area contributed by atoms with Crippen LogP contribution >= 0.6 is 0 Å². The summed E-state index contributed by atoms with van der Waals surface area (Å²) in [7, 11) is 0. The highest BCUT2D eigenvalue weighted by Gasteiger charge is 2.28. The van der Waals surface area contributed by atoms with E-state index in [-0.39, 0.29) is 0 Å². The number of nitrogens with one attached hydrogen (secondary N) is 1. The molecule has 1 saturated carbocycles. The van der Waals surface area contributed by atoms with Gasteiger partial charge in [-0.15, -0.1) is 0 Å². The van der Waals surface area contributed by atoms with Crippen LogP contribution in [0.25, 0.3) is 0 Å². The predicted molar refractivity (Wildman–Crippen MR) is 69.6 cm³/mol. The molecule has 1 rings (SSSR count). The summed E-state index contributed by atoms with van der Waals surface area (Å²) in [6.45, 7) is 12.0. The van der Waals surface area contributed by atoms with Crippen LogP contribution in [0.3, 0.4) is 0 Å². The number of rotatable bonds is 7. The van der Waals surface area contributed by atoms with Gasteiger partial charge in [-0.3, -0.25) is 0 Å². The van der Waals surface area contributed by atoms with Crippen LogP contribution in [0, 0.1) is 17.8 Å². The van der Waals surface area contributed by atoms with E-state index < -0.39 is 0 Å². The first kappa shape index (κ1) is 14.0. The molecule has 0 aromatic heterocycles. The van der Waals surface area contributed by atoms with Gasteiger partial charge in [-0.25, -0.2) is 0 Å². The Morgan fingerprint density at radius 2 is 1.94 bits per heavy atom. The fourth-order valence-electron chi connectivity index (χ4n) is 2.39. The van der Waals surface area contributed by atoms with Crippen molar-refractivity contribution >= 4 is 0 Å². The zero-order chi connectivity index (χ0) is 12.0. The third kappa shape index (κ3) is 4.84. The van der Waals surface area contributed by atoms with Gasteiger partial charge < -0.3 is 10.1 Å². The minimum absolute atomic E-state index is 0.726. The van der Waals surface area contributed by atoms with E-state index in [2.05, 4.69) is 33.0 Å². The average Bonchev–Trinajstić information content (AvgIpc) is 2.54. The fraction of sp³-hybridized carbons (Fsp3) is 1.00. The zero-order valence-corrected chi connectivity index (χ0v) is 11.5. The lowest BCUT2D eigenvalue weighted by Gasteiger charge is -2.19. The molecule has 0 aromatic rings. The summed E-state index contributed by atoms with van der Waals surface area (Å²) in [4.78, 5) is 0. The second kappa shape index (κ2) is 7.29. The Morgan fingerprint density at radius 1 is 1.19 bits per heavy atom. The van der Waals surface area contributed by atoms with Crippen LogP contribution in [-0.2, 0) is 4.74 Å². The quantitative estimate of drug-likeness (QED) is 0.675. The standard InChI is InChI=1S/C14H29NO/c1-11(2)7-9-16-10-8-15-14-6-5-12(3)13(14)4/h11-15H,5-10H2,1-4H3. The van der Waals surface area contributed by atoms with Gasteiger partial charge in [0.25, 0.3) is 0 Å². The average molecular weight is 227 g/mol. The minimum Gasteiger partial charge on any atom is -0.380 e. The molecule has 0 aromatic carbocycles. The van der Waals surface area contributed by atoms with Gasteiger partial charge in [0.15, 0.2) is 0 Å². The molecule has 1 fully saturated rings. The van der Waals surface area contributed by atoms with Crippen molar-refractivity contribution in [3.8, 4) is 0 Å². The molecule has 0 spiro atoms. The summed E-state index contributed by atoms with van der Waals surface area (Å²) in [5.41, 5.74) is 0. The first-order valence-electron chi connectivity index (χ1n) is 6.92. The van der Waals surface area contributed by atoms with Crippen LogP contribution in [0.4, 0.5) is 0 Å². The molecule has 0 bridgehead atoms. The third-order valence-electron chi connectivity index (χ3n) is 3.96. The molecule has 1 N–H and O–H groups in total. The lowest BCUT2D eigenvalue weighted by Crippen LogP contribution is -2.34. The van der Waals surface area contributed by atoms with Crippen molar-refractivity contribution in [3.05, 3.63) is 0 Å². The van der Waals surface area contributed by atoms with Crippen molar-refractivity contribution in [2.75, 3.05) is 19.8 Å². The molecular formula is C14H29NO. The summed E-state index contributed by atoms with van der Waals surface area (Å²) in [5, 5.41) is 3.62. The van der Waals surface area contributed by atoms with E-state index >= 15 is 0 Å². The van der Waals surface area contributed by atoms with Crippen molar-refractivity contribution < 1.29 is 4.74 Å². The Morgan fingerprint density at radius 3 is 2.50 bits per heavy atom. The van der Waals surface area contributed by atoms with Crippen LogP contribution in [0.5, 0.6) is 0 Å². The predicted octanol–water partition coefficient (Wildman–Crippen LogP) is 3.07. The molecule has 0 radical (unpaired) electrons. The highest BCUT2D eigenvalue weighted by molar-refractivity contribution is 4.84. The molecule has 3 atom stereocenters. The van der Waals surface area contributed by atoms with E-state index in [0.717, 1.165) is 43.6 Å². The van der Waals surface area contributed by atoms with Crippen molar-refractivity contribution in [1.29, 1.82) is 0 Å². The van der Waals surface area contributed by atoms with Gasteiger partial charge in [-0.1, -0.05) is 27.7 Å². The second-order valence-electron chi connectivity index (χ2n) is 5.77. The van der Waals surface area contributed by atoms with Gasteiger partial charge in [0.1, 0.15) is 0 Å². The van der Waals surface area contributed by atoms with E-state index in [1.54, 1.807) is 0 Å². The van der Waals surface area contributed by atoms with Crippen molar-refractivity contribution in [2.45, 2.75) is 53.0 Å². The Hall–Kier alpha value is -0.0800. The Bertz CT molecular complexity index is 182. The maximum atomic E-state index is 5.60. The van der Waals surface area contributed by atoms with Crippen molar-refractivity contribution in [2.24, 2.45) is 17.8 Å². The summed E-state index contributed by atoms with van der Waals surface area (Å²) >= 11 is 0. The first-order chi connectivity index (χ1) is 7.61. The van der Waals surface area contributed by atoms with Crippen LogP contribution in [0.2, 0.25) is 0 Å². The van der Waals surface area contributed by atoms with Crippen molar-refractivity contribution in [3.63, 3.8) is 0 Å². The van der Waals surface area contributed by atoms with E-state index in [1.807, 2.05) is 0 Å². The number of hydrogen-bond donors (Lipinski definition) is 1. The second-order valence-corrected chi connectivity index (χ2v) is 5.77. The molecule has 1 aliphatic rings. The summed E-state index contributed by atoms with van der Waals surface area (Å²) < 4.78 is 5.60. The van der Waals surface area contributed by atoms with E-state index in [0.29, 0.717) is 0 Å². The SMILES string of the molecule is CC(C)CCOCCNC1CCC(C)C1C. The monoisotopic (exact) mass is 227 g/mol. The van der Waals surface area contributed by atoms with Gasteiger partial charge in [-0.05, 0) is 37.0 Å². The highest BCUT2D eigenvalue weighted by Crippen LogP contribution is 2.30. The molecule has 3 unspecified atom stereocenters. The third-order valence-corrected chi connectivity index (χ3v) is 3.96. The van der Waals surface area contributed by atoms with E-state index in [9.17, 15) is 0 Å². The molecule has 0 amide bonds. The molecular weight excluding hydrogens is 198 g/mol. The summed E-state index contributed by atoms with van der Waals surface area (Å²) in [6, 6.07) is 0.726. The maximum absolute atomic E-state index is 5.60. The molecule has 2 nitrogen and oxygen atoms in total. The van der Waals surface area contributed by atoms with Gasteiger partial charge in [-0.2, -0.15) is 0 Å². The Labute approximate surface area is 101 Å². The van der Waals surface area contributed by atoms with Crippen molar-refractivity contribution in [1.82, 2.24) is 5.32 Å². The van der Waals surface area contributed by atoms with Gasteiger partial charge in [0, 0.05) is 19.2 Å². The topological polar surface area (TPSA) is 21.3 Å². The molecule has 96 valence electrons. The number of ether oxygens (including phenoxy) is 1. The molecule has 16 heavy (non-hydrogen) atoms. The fourth-order valence-corrected chi connectivity index (χ4v) is 2.39. The molecule has 0 heterocycles. The highest BCUT2D eigenvalue weighted by atomic mass is 16.5. The molecule has 1 aliphatic carbocycles. The zero-order valence-electron chi connectivity index (χ0n) is 11.5. The number of hydrogen-bond acceptors (Lipinski definition) is 2. The van der Waals surface area contributed by atoms with E-state index in [4.69, 9.17) is 4.74 Å². The normalized spacial score (nSPS) is 30.2. The lowest BCUT2D eigenvalue weighted by molar-refractivity contribution is 0.122. The van der Waals surface area contributed by atoms with Crippen LogP contribution in [0.15, 0.2) is 0 Å². The first-order valence-corrected chi connectivity index (χ1v) is 6.92. The Kier molecular flexibility index (Phi) is 6.37. The van der Waals surface area contributed by atoms with Crippen LogP contribution in [0.1, 0.15) is 47.0 Å². The summed E-state index contributed by atoms with van der Waals surface area (Å²) in [5.74, 6) is 2.47. The van der Waals surface area contributed by atoms with Gasteiger partial charge >= 0.3 is 0 Å². The molecule has 0 saturated heterocycles. The lowest BCUT2D eigenvalue weighted by atomic mass is 9.98.